The van der Waals surface area contributed by atoms with Gasteiger partial charge in [0.25, 0.3) is 0 Å². The van der Waals surface area contributed by atoms with Crippen molar-refractivity contribution < 1.29 is 91.8 Å². The number of rotatable bonds is 15. The van der Waals surface area contributed by atoms with Gasteiger partial charge in [0.05, 0.1) is 54.1 Å². The van der Waals surface area contributed by atoms with Crippen LogP contribution in [0.25, 0.3) is 0 Å². The lowest BCUT2D eigenvalue weighted by Gasteiger charge is -2.45. The van der Waals surface area contributed by atoms with Crippen molar-refractivity contribution in [3.63, 3.8) is 0 Å². The molecule has 0 spiro atoms. The van der Waals surface area contributed by atoms with E-state index in [2.05, 4.69) is 43.3 Å². The summed E-state index contributed by atoms with van der Waals surface area (Å²) in [6.45, 7) is 13.6. The number of carbonyl (C=O) groups excluding carboxylic acids is 6. The van der Waals surface area contributed by atoms with Crippen molar-refractivity contribution in [2.24, 2.45) is 23.5 Å². The summed E-state index contributed by atoms with van der Waals surface area (Å²) in [5, 5.41) is 48.8. The molecule has 612 valence electrons. The van der Waals surface area contributed by atoms with Crippen molar-refractivity contribution in [3.05, 3.63) is 350 Å². The standard InChI is InChI=1S/C28H28O6.C28H26O6.C27H26O5.C15H17N.CO2/c2*1-16-14-17(2)22-21(15-16)34-28(19-10-12-20(32-3)13-11-19)23(18-8-6-5-7-9-18)24(25(29)33-4)27(22,31)26(28)30;1-16-10-12-19(13-11-16)27-23(18-8-6-5-7-9-18)17(2)26(29,25(27)28)24-21(31-4)14-20(30-3)15-22(24)32-27;1-12(13-8-4-2-5-9-13)15(16)14-10-6-3-7-11-14;2-1-3/h5-15,23-24,26,30-31H,1-4H3;5-15,23-24,31H,1-4H3;5-15,17,23,29H,1-4H3;2-12,15H,16H2,1H3;/t23-,24+,26?,27+,28+;23-,24+,27+,28+;17-,23+,26-,27+;12-,15+;/m1100./s1. The van der Waals surface area contributed by atoms with Crippen molar-refractivity contribution in [3.8, 4) is 40.2 Å². The zero-order valence-corrected chi connectivity index (χ0v) is 68.5. The number of esters is 2. The van der Waals surface area contributed by atoms with E-state index in [4.69, 9.17) is 58.0 Å². The van der Waals surface area contributed by atoms with Gasteiger partial charge in [0.2, 0.25) is 22.8 Å². The molecule has 3 saturated carbocycles. The first-order valence-electron chi connectivity index (χ1n) is 39.2. The van der Waals surface area contributed by atoms with E-state index in [1.807, 2.05) is 211 Å². The SMILES string of the molecule is COC(=O)[C@@H]1[C@@H](c2ccccc2)[C@]2(c3ccc(OC)cc3)Oc3cc(C)cc(C)c3[C@@]1(O)C2=O.COC(=O)[C@@H]1[C@@H](c2ccccc2)[C@]2(c3ccc(OC)cc3)Oc3cc(C)cc(C)c3[C@@]1(O)C2O.COc1cc(OC)c2c(c1)O[C@@]1(c3ccc(C)cc3)C(=O)[C@]2(O)[C@@H](C)[C@@H]1c1ccccc1.C[C@@H](c1ccccc1)[C@@H](N)c1ccccc1.O=C=O. The molecule has 6 bridgehead atoms. The highest BCUT2D eigenvalue weighted by atomic mass is 16.6. The average molecular weight is 1600 g/mol. The maximum Gasteiger partial charge on any atom is 0.373 e. The first-order valence-corrected chi connectivity index (χ1v) is 39.2. The van der Waals surface area contributed by atoms with E-state index in [0.717, 1.165) is 38.9 Å². The Morgan fingerprint density at radius 1 is 0.429 bits per heavy atom. The molecule has 3 fully saturated rings. The Labute approximate surface area is 692 Å². The van der Waals surface area contributed by atoms with E-state index in [1.54, 1.807) is 75.9 Å². The summed E-state index contributed by atoms with van der Waals surface area (Å²) in [4.78, 5) is 71.6. The molecular weight excluding hydrogens is 1510 g/mol. The Hall–Kier alpha value is -12.5. The summed E-state index contributed by atoms with van der Waals surface area (Å²) >= 11 is 0. The van der Waals surface area contributed by atoms with Crippen LogP contribution in [0.4, 0.5) is 0 Å². The van der Waals surface area contributed by atoms with Crippen LogP contribution in [0.5, 0.6) is 40.2 Å². The molecule has 6 aliphatic rings. The molecule has 119 heavy (non-hydrogen) atoms. The van der Waals surface area contributed by atoms with Gasteiger partial charge in [-0.3, -0.25) is 19.2 Å². The average Bonchev–Trinajstić information content (AvgIpc) is 1.51. The minimum atomic E-state index is -2.13. The minimum Gasteiger partial charge on any atom is -0.497 e. The maximum atomic E-state index is 14.4. The van der Waals surface area contributed by atoms with Crippen LogP contribution >= 0.6 is 0 Å². The lowest BCUT2D eigenvalue weighted by Crippen LogP contribution is -2.55. The minimum absolute atomic E-state index is 0.0589. The largest absolute Gasteiger partial charge is 0.497 e. The number of carbonyl (C=O) groups is 4. The molecule has 11 aromatic rings. The highest BCUT2D eigenvalue weighted by Gasteiger charge is 2.79. The normalized spacial score (nSPS) is 25.6. The van der Waals surface area contributed by atoms with Gasteiger partial charge in [-0.05, 0) is 127 Å². The molecular formula is C99H97NO19. The molecule has 11 aromatic carbocycles. The van der Waals surface area contributed by atoms with Crippen molar-refractivity contribution in [1.29, 1.82) is 0 Å². The van der Waals surface area contributed by atoms with Gasteiger partial charge in [-0.1, -0.05) is 232 Å². The predicted molar refractivity (Wildman–Crippen MR) is 444 cm³/mol. The van der Waals surface area contributed by atoms with Gasteiger partial charge in [-0.25, -0.2) is 0 Å². The third kappa shape index (κ3) is 14.0. The molecule has 20 heteroatoms. The Morgan fingerprint density at radius 3 is 1.29 bits per heavy atom. The number of Topliss-reactive ketones (excluding diaryl/α,β-unsaturated/α-hetero) is 2. The van der Waals surface area contributed by atoms with Gasteiger partial charge in [0.1, 0.15) is 63.8 Å². The zero-order chi connectivity index (χ0) is 85.3. The predicted octanol–water partition coefficient (Wildman–Crippen LogP) is 15.1. The number of ketones is 2. The number of ether oxygens (including phenoxy) is 9. The Balaban J connectivity index is 0.000000139. The summed E-state index contributed by atoms with van der Waals surface area (Å²) in [7, 11) is 8.78. The molecule has 0 amide bonds. The van der Waals surface area contributed by atoms with Crippen LogP contribution in [-0.2, 0) is 71.8 Å². The van der Waals surface area contributed by atoms with Crippen LogP contribution in [0.3, 0.4) is 0 Å². The van der Waals surface area contributed by atoms with Gasteiger partial charge in [0.15, 0.2) is 16.8 Å². The number of aliphatic hydroxyl groups excluding tert-OH is 1. The number of hydrogen-bond donors (Lipinski definition) is 5. The third-order valence-corrected chi connectivity index (χ3v) is 24.6. The lowest BCUT2D eigenvalue weighted by atomic mass is 9.75. The molecule has 1 unspecified atom stereocenters. The van der Waals surface area contributed by atoms with E-state index < -0.39 is 92.9 Å². The van der Waals surface area contributed by atoms with E-state index in [9.17, 15) is 39.6 Å². The Kier molecular flexibility index (Phi) is 24.0. The quantitative estimate of drug-likeness (QED) is 0.0596. The molecule has 0 aromatic heterocycles. The molecule has 0 radical (unpaired) electrons. The number of methoxy groups -OCH3 is 6. The fourth-order valence-corrected chi connectivity index (χ4v) is 19.3. The van der Waals surface area contributed by atoms with Crippen LogP contribution < -0.4 is 38.9 Å². The van der Waals surface area contributed by atoms with Gasteiger partial charge in [-0.2, -0.15) is 9.59 Å². The molecule has 17 rings (SSSR count). The van der Waals surface area contributed by atoms with Crippen LogP contribution in [0.1, 0.15) is 133 Å². The van der Waals surface area contributed by atoms with Gasteiger partial charge in [-0.15, -0.1) is 0 Å². The Bertz CT molecular complexity index is 5510. The second-order valence-electron chi connectivity index (χ2n) is 31.1. The van der Waals surface area contributed by atoms with Crippen LogP contribution in [-0.4, -0.2) is 98.8 Å². The van der Waals surface area contributed by atoms with Gasteiger partial charge in [0, 0.05) is 64.1 Å². The number of hydrogen-bond acceptors (Lipinski definition) is 20. The van der Waals surface area contributed by atoms with E-state index in [-0.39, 0.29) is 18.0 Å². The fourth-order valence-electron chi connectivity index (χ4n) is 19.3. The van der Waals surface area contributed by atoms with Crippen molar-refractivity contribution >= 4 is 29.7 Å². The lowest BCUT2D eigenvalue weighted by molar-refractivity contribution is -0.192. The number of aryl methyl sites for hydroxylation is 5. The number of fused-ring (bicyclic) bond motifs is 12. The molecule has 0 saturated heterocycles. The summed E-state index contributed by atoms with van der Waals surface area (Å²) in [5.41, 5.74) is 8.17. The highest BCUT2D eigenvalue weighted by molar-refractivity contribution is 6.07. The van der Waals surface area contributed by atoms with E-state index in [0.29, 0.717) is 85.1 Å². The van der Waals surface area contributed by atoms with Crippen molar-refractivity contribution in [2.45, 2.75) is 118 Å². The van der Waals surface area contributed by atoms with Crippen molar-refractivity contribution in [2.75, 3.05) is 42.7 Å². The second-order valence-corrected chi connectivity index (χ2v) is 31.1. The highest BCUT2D eigenvalue weighted by Crippen LogP contribution is 2.70. The molecule has 3 aliphatic carbocycles. The topological polar surface area (TPSA) is 292 Å². The summed E-state index contributed by atoms with van der Waals surface area (Å²) in [5.74, 6) is -3.26. The van der Waals surface area contributed by atoms with E-state index >= 15 is 0 Å². The smallest absolute Gasteiger partial charge is 0.373 e. The van der Waals surface area contributed by atoms with Crippen LogP contribution in [0.2, 0.25) is 0 Å². The zero-order valence-electron chi connectivity index (χ0n) is 68.5. The number of aliphatic hydroxyl groups is 4. The monoisotopic (exact) mass is 1600 g/mol. The van der Waals surface area contributed by atoms with Gasteiger partial charge >= 0.3 is 18.1 Å². The van der Waals surface area contributed by atoms with Gasteiger partial charge < -0.3 is 68.8 Å². The first kappa shape index (κ1) is 84.4. The van der Waals surface area contributed by atoms with E-state index in [1.165, 1.54) is 32.5 Å². The summed E-state index contributed by atoms with van der Waals surface area (Å²) in [6, 6.07) is 81.9. The van der Waals surface area contributed by atoms with Crippen LogP contribution in [0, 0.1) is 52.4 Å². The van der Waals surface area contributed by atoms with Crippen LogP contribution in [0.15, 0.2) is 261 Å². The molecule has 15 atom stereocenters. The summed E-state index contributed by atoms with van der Waals surface area (Å²) < 4.78 is 52.1. The molecule has 3 heterocycles. The molecule has 6 N–H and O–H groups in total. The number of nitrogens with two attached hydrogens (primary N) is 1. The molecule has 3 aliphatic heterocycles. The number of benzene rings is 11. The maximum absolute atomic E-state index is 14.4. The molecule has 20 nitrogen and oxygen atoms in total. The first-order chi connectivity index (χ1) is 57.1. The summed E-state index contributed by atoms with van der Waals surface area (Å²) in [6.07, 6.45) is -1.20. The second kappa shape index (κ2) is 33.8. The Morgan fingerprint density at radius 2 is 0.824 bits per heavy atom. The fraction of sp³-hybridized carbons (Fsp3) is 0.283. The van der Waals surface area contributed by atoms with Crippen molar-refractivity contribution in [1.82, 2.24) is 0 Å². The third-order valence-electron chi connectivity index (χ3n) is 24.6.